The molecule has 0 atom stereocenters. The summed E-state index contributed by atoms with van der Waals surface area (Å²) in [5.41, 5.74) is 3.78. The fourth-order valence-corrected chi connectivity index (χ4v) is 5.30. The molecule has 0 N–H and O–H groups in total. The van der Waals surface area contributed by atoms with Crippen molar-refractivity contribution in [3.05, 3.63) is 76.8 Å². The van der Waals surface area contributed by atoms with Crippen molar-refractivity contribution in [1.82, 2.24) is 4.57 Å². The summed E-state index contributed by atoms with van der Waals surface area (Å²) in [4.78, 5) is 0. The van der Waals surface area contributed by atoms with Gasteiger partial charge in [0.05, 0.1) is 5.52 Å². The van der Waals surface area contributed by atoms with Gasteiger partial charge in [0.1, 0.15) is 0 Å². The molecule has 2 heterocycles. The van der Waals surface area contributed by atoms with E-state index < -0.39 is 0 Å². The molecule has 0 radical (unpaired) electrons. The van der Waals surface area contributed by atoms with E-state index in [1.165, 1.54) is 52.9 Å². The Morgan fingerprint density at radius 1 is 0.778 bits per heavy atom. The molecule has 1 nitrogen and oxygen atoms in total. The average molecular weight is 368 g/mol. The minimum absolute atomic E-state index is 1.22. The van der Waals surface area contributed by atoms with E-state index in [9.17, 15) is 0 Å². The van der Waals surface area contributed by atoms with Crippen LogP contribution in [-0.2, 0) is 0 Å². The van der Waals surface area contributed by atoms with Gasteiger partial charge in [0, 0.05) is 41.8 Å². The predicted octanol–water partition coefficient (Wildman–Crippen LogP) is 5.91. The Labute approximate surface area is 162 Å². The predicted molar refractivity (Wildman–Crippen MR) is 120 cm³/mol. The number of hydrogen-bond acceptors (Lipinski definition) is 1. The van der Waals surface area contributed by atoms with Crippen LogP contribution in [0.3, 0.4) is 0 Å². The summed E-state index contributed by atoms with van der Waals surface area (Å²) in [7, 11) is 0. The smallest absolute Gasteiger partial charge is 0.0555 e. The van der Waals surface area contributed by atoms with Crippen LogP contribution in [0.5, 0.6) is 0 Å². The van der Waals surface area contributed by atoms with Crippen molar-refractivity contribution in [3.8, 4) is 5.69 Å². The van der Waals surface area contributed by atoms with Gasteiger partial charge in [-0.15, -0.1) is 11.3 Å². The van der Waals surface area contributed by atoms with Gasteiger partial charge in [-0.3, -0.25) is 0 Å². The monoisotopic (exact) mass is 367 g/mol. The number of aromatic nitrogens is 1. The molecule has 132 valence electrons. The van der Waals surface area contributed by atoms with Gasteiger partial charge >= 0.3 is 0 Å². The Bertz CT molecular complexity index is 1450. The standard InChI is InChI=1S/C25H21NS/c1-4-18-20-14-21-19-11-6-7-12-24(19)27-25(21)15-23(20)26(22(18)5-2)17-10-8-9-16(3)13-17/h4-15H,1-3H3. The summed E-state index contributed by atoms with van der Waals surface area (Å²) in [6, 6.07) is 22.2. The van der Waals surface area contributed by atoms with Crippen LogP contribution in [0.15, 0.2) is 60.7 Å². The molecule has 0 saturated carbocycles. The van der Waals surface area contributed by atoms with Crippen LogP contribution in [0.25, 0.3) is 48.9 Å². The van der Waals surface area contributed by atoms with Crippen LogP contribution in [0, 0.1) is 6.92 Å². The third-order valence-corrected chi connectivity index (χ3v) is 6.50. The second kappa shape index (κ2) is 6.11. The molecular formula is C25H21NS. The molecule has 2 aromatic heterocycles. The van der Waals surface area contributed by atoms with Crippen molar-refractivity contribution in [2.75, 3.05) is 0 Å². The van der Waals surface area contributed by atoms with Gasteiger partial charge in [0.15, 0.2) is 0 Å². The Kier molecular flexibility index (Phi) is 3.70. The van der Waals surface area contributed by atoms with Crippen LogP contribution in [0.1, 0.15) is 19.4 Å². The zero-order chi connectivity index (χ0) is 18.5. The molecule has 0 bridgehead atoms. The lowest BCUT2D eigenvalue weighted by Gasteiger charge is -2.08. The molecule has 5 aromatic rings. The maximum Gasteiger partial charge on any atom is 0.0555 e. The topological polar surface area (TPSA) is 4.93 Å². The minimum Gasteiger partial charge on any atom is -0.310 e. The molecular weight excluding hydrogens is 346 g/mol. The molecule has 0 spiro atoms. The minimum atomic E-state index is 1.22. The van der Waals surface area contributed by atoms with E-state index in [-0.39, 0.29) is 0 Å². The summed E-state index contributed by atoms with van der Waals surface area (Å²) in [5, 5.41) is 6.61. The van der Waals surface area contributed by atoms with Gasteiger partial charge < -0.3 is 4.57 Å². The molecule has 3 aromatic carbocycles. The number of aryl methyl sites for hydroxylation is 1. The van der Waals surface area contributed by atoms with Crippen LogP contribution >= 0.6 is 11.3 Å². The number of hydrogen-bond donors (Lipinski definition) is 0. The van der Waals surface area contributed by atoms with Gasteiger partial charge in [-0.2, -0.15) is 0 Å². The van der Waals surface area contributed by atoms with E-state index >= 15 is 0 Å². The average Bonchev–Trinajstić information content (AvgIpc) is 3.20. The quantitative estimate of drug-likeness (QED) is 0.347. The van der Waals surface area contributed by atoms with Crippen LogP contribution in [-0.4, -0.2) is 4.57 Å². The van der Waals surface area contributed by atoms with Crippen LogP contribution in [0.4, 0.5) is 0 Å². The largest absolute Gasteiger partial charge is 0.310 e. The summed E-state index contributed by atoms with van der Waals surface area (Å²) in [6.45, 7) is 6.42. The van der Waals surface area contributed by atoms with Crippen molar-refractivity contribution in [2.24, 2.45) is 0 Å². The van der Waals surface area contributed by atoms with Crippen molar-refractivity contribution in [1.29, 1.82) is 0 Å². The van der Waals surface area contributed by atoms with Gasteiger partial charge in [-0.05, 0) is 56.7 Å². The van der Waals surface area contributed by atoms with E-state index in [2.05, 4.69) is 98.2 Å². The van der Waals surface area contributed by atoms with E-state index in [1.54, 1.807) is 0 Å². The third-order valence-electron chi connectivity index (χ3n) is 5.36. The number of nitrogens with zero attached hydrogens (tertiary/aromatic N) is 1. The molecule has 27 heavy (non-hydrogen) atoms. The third kappa shape index (κ3) is 2.37. The van der Waals surface area contributed by atoms with Crippen molar-refractivity contribution >= 4 is 54.6 Å². The molecule has 0 aliphatic heterocycles. The maximum absolute atomic E-state index is 2.40. The van der Waals surface area contributed by atoms with E-state index in [1.807, 2.05) is 11.3 Å². The molecule has 5 rings (SSSR count). The lowest BCUT2D eigenvalue weighted by atomic mass is 10.1. The summed E-state index contributed by atoms with van der Waals surface area (Å²) in [6.07, 6.45) is 4.47. The normalized spacial score (nSPS) is 13.4. The molecule has 2 heteroatoms. The van der Waals surface area contributed by atoms with Crippen LogP contribution in [0.2, 0.25) is 0 Å². The highest BCUT2D eigenvalue weighted by Gasteiger charge is 2.13. The zero-order valence-corrected chi connectivity index (χ0v) is 16.6. The molecule has 0 amide bonds. The first kappa shape index (κ1) is 16.3. The van der Waals surface area contributed by atoms with Crippen molar-refractivity contribution in [3.63, 3.8) is 0 Å². The van der Waals surface area contributed by atoms with Gasteiger partial charge in [0.2, 0.25) is 0 Å². The molecule has 0 saturated heterocycles. The Balaban J connectivity index is 2.02. The Hall–Kier alpha value is -2.84. The number of rotatable bonds is 1. The highest BCUT2D eigenvalue weighted by atomic mass is 32.1. The fourth-order valence-electron chi connectivity index (χ4n) is 4.18. The number of fused-ring (bicyclic) bond motifs is 4. The first-order valence-corrected chi connectivity index (χ1v) is 10.2. The fraction of sp³-hybridized carbons (Fsp3) is 0.120. The highest BCUT2D eigenvalue weighted by Crippen LogP contribution is 2.35. The van der Waals surface area contributed by atoms with E-state index in [0.29, 0.717) is 0 Å². The number of benzene rings is 3. The highest BCUT2D eigenvalue weighted by molar-refractivity contribution is 7.25. The maximum atomic E-state index is 2.40. The van der Waals surface area contributed by atoms with Gasteiger partial charge in [0.25, 0.3) is 0 Å². The van der Waals surface area contributed by atoms with E-state index in [4.69, 9.17) is 0 Å². The lowest BCUT2D eigenvalue weighted by Crippen LogP contribution is -2.27. The van der Waals surface area contributed by atoms with E-state index in [0.717, 1.165) is 0 Å². The Morgan fingerprint density at radius 2 is 1.63 bits per heavy atom. The Morgan fingerprint density at radius 3 is 2.41 bits per heavy atom. The summed E-state index contributed by atoms with van der Waals surface area (Å²) in [5.74, 6) is 0. The van der Waals surface area contributed by atoms with Crippen LogP contribution < -0.4 is 10.6 Å². The SMILES string of the molecule is CC=c1c(=CC)n(-c2cccc(C)c2)c2cc3sc4ccccc4c3cc12. The molecule has 0 unspecified atom stereocenters. The molecule has 0 aliphatic carbocycles. The second-order valence-corrected chi connectivity index (χ2v) is 8.10. The zero-order valence-electron chi connectivity index (χ0n) is 15.8. The van der Waals surface area contributed by atoms with Gasteiger partial charge in [-0.25, -0.2) is 0 Å². The number of thiophene rings is 1. The first-order chi connectivity index (χ1) is 13.2. The summed E-state index contributed by atoms with van der Waals surface area (Å²) < 4.78 is 5.11. The lowest BCUT2D eigenvalue weighted by molar-refractivity contribution is 1.06. The molecule has 0 aliphatic rings. The van der Waals surface area contributed by atoms with Crippen molar-refractivity contribution in [2.45, 2.75) is 20.8 Å². The summed E-state index contributed by atoms with van der Waals surface area (Å²) >= 11 is 1.88. The molecule has 0 fully saturated rings. The van der Waals surface area contributed by atoms with Gasteiger partial charge in [-0.1, -0.05) is 42.5 Å². The first-order valence-electron chi connectivity index (χ1n) is 9.36. The second-order valence-electron chi connectivity index (χ2n) is 7.01. The van der Waals surface area contributed by atoms with Crippen molar-refractivity contribution < 1.29 is 0 Å².